The van der Waals surface area contributed by atoms with E-state index < -0.39 is 0 Å². The second kappa shape index (κ2) is 7.78. The lowest BCUT2D eigenvalue weighted by atomic mass is 10.0. The number of aromatic nitrogens is 1. The highest BCUT2D eigenvalue weighted by atomic mass is 79.9. The lowest BCUT2D eigenvalue weighted by molar-refractivity contribution is 0.315. The Balaban J connectivity index is 2.32. The van der Waals surface area contributed by atoms with E-state index in [1.54, 1.807) is 6.20 Å². The number of hydrogen-bond donors (Lipinski definition) is 1. The molecule has 1 atom stereocenters. The van der Waals surface area contributed by atoms with Crippen LogP contribution in [0.3, 0.4) is 0 Å². The molecule has 1 N–H and O–H groups in total. The molecule has 1 unspecified atom stereocenters. The van der Waals surface area contributed by atoms with Crippen molar-refractivity contribution in [2.75, 3.05) is 13.7 Å². The quantitative estimate of drug-likeness (QED) is 0.808. The first-order chi connectivity index (χ1) is 10.2. The van der Waals surface area contributed by atoms with Crippen molar-refractivity contribution < 1.29 is 4.74 Å². The molecule has 0 aliphatic heterocycles. The summed E-state index contributed by atoms with van der Waals surface area (Å²) in [5, 5.41) is 4.02. The minimum atomic E-state index is 0.0225. The molecule has 21 heavy (non-hydrogen) atoms. The third-order valence-electron chi connectivity index (χ3n) is 3.10. The highest BCUT2D eigenvalue weighted by Crippen LogP contribution is 2.31. The van der Waals surface area contributed by atoms with Crippen LogP contribution in [-0.4, -0.2) is 18.6 Å². The molecule has 0 saturated carbocycles. The van der Waals surface area contributed by atoms with E-state index in [1.807, 2.05) is 37.5 Å². The molecule has 0 amide bonds. The molecular formula is C16H18BrClN2O. The summed E-state index contributed by atoms with van der Waals surface area (Å²) in [4.78, 5) is 4.27. The fraction of sp³-hybridized carbons (Fsp3) is 0.312. The molecule has 5 heteroatoms. The van der Waals surface area contributed by atoms with Crippen LogP contribution in [0, 0.1) is 0 Å². The number of nitrogens with one attached hydrogen (secondary N) is 1. The van der Waals surface area contributed by atoms with Gasteiger partial charge in [-0.1, -0.05) is 40.5 Å². The summed E-state index contributed by atoms with van der Waals surface area (Å²) >= 11 is 9.58. The predicted octanol–water partition coefficient (Wildman–Crippen LogP) is 4.60. The molecule has 112 valence electrons. The highest BCUT2D eigenvalue weighted by molar-refractivity contribution is 9.10. The summed E-state index contributed by atoms with van der Waals surface area (Å²) in [6.07, 6.45) is 4.56. The van der Waals surface area contributed by atoms with E-state index >= 15 is 0 Å². The lowest BCUT2D eigenvalue weighted by Crippen LogP contribution is -2.18. The van der Waals surface area contributed by atoms with Gasteiger partial charge in [0.2, 0.25) is 0 Å². The number of benzene rings is 1. The molecule has 1 aromatic carbocycles. The van der Waals surface area contributed by atoms with Crippen LogP contribution in [0.1, 0.15) is 30.5 Å². The molecule has 0 aliphatic carbocycles. The molecule has 1 aromatic heterocycles. The van der Waals surface area contributed by atoms with E-state index in [-0.39, 0.29) is 6.04 Å². The van der Waals surface area contributed by atoms with Crippen LogP contribution >= 0.6 is 27.5 Å². The minimum Gasteiger partial charge on any atom is -0.492 e. The molecule has 0 fully saturated rings. The fourth-order valence-electron chi connectivity index (χ4n) is 2.13. The van der Waals surface area contributed by atoms with Gasteiger partial charge in [0.25, 0.3) is 0 Å². The first-order valence-corrected chi connectivity index (χ1v) is 8.02. The maximum absolute atomic E-state index is 6.01. The summed E-state index contributed by atoms with van der Waals surface area (Å²) in [6, 6.07) is 7.83. The van der Waals surface area contributed by atoms with E-state index in [1.165, 1.54) is 0 Å². The zero-order chi connectivity index (χ0) is 15.2. The van der Waals surface area contributed by atoms with Crippen molar-refractivity contribution in [2.24, 2.45) is 0 Å². The standard InChI is InChI=1S/C16H18BrClN2O/c1-3-6-21-13-7-11(9-20-10-13)16(19-2)14-5-4-12(18)8-15(14)17/h4-5,7-10,16,19H,3,6H2,1-2H3. The van der Waals surface area contributed by atoms with Crippen molar-refractivity contribution in [3.05, 3.63) is 57.3 Å². The molecular weight excluding hydrogens is 352 g/mol. The molecule has 0 spiro atoms. The van der Waals surface area contributed by atoms with Crippen LogP contribution < -0.4 is 10.1 Å². The van der Waals surface area contributed by atoms with Gasteiger partial charge in [-0.2, -0.15) is 0 Å². The molecule has 0 radical (unpaired) electrons. The van der Waals surface area contributed by atoms with Gasteiger partial charge in [0.1, 0.15) is 5.75 Å². The second-order valence-corrected chi connectivity index (χ2v) is 5.98. The topological polar surface area (TPSA) is 34.1 Å². The van der Waals surface area contributed by atoms with E-state index in [9.17, 15) is 0 Å². The van der Waals surface area contributed by atoms with Gasteiger partial charge >= 0.3 is 0 Å². The number of rotatable bonds is 6. The summed E-state index contributed by atoms with van der Waals surface area (Å²) in [6.45, 7) is 2.78. The third-order valence-corrected chi connectivity index (χ3v) is 4.02. The predicted molar refractivity (Wildman–Crippen MR) is 90.1 cm³/mol. The van der Waals surface area contributed by atoms with E-state index in [0.717, 1.165) is 27.8 Å². The lowest BCUT2D eigenvalue weighted by Gasteiger charge is -2.19. The zero-order valence-electron chi connectivity index (χ0n) is 12.1. The average molecular weight is 370 g/mol. The summed E-state index contributed by atoms with van der Waals surface area (Å²) in [5.41, 5.74) is 2.16. The Labute approximate surface area is 138 Å². The van der Waals surface area contributed by atoms with Gasteiger partial charge in [0, 0.05) is 15.7 Å². The number of nitrogens with zero attached hydrogens (tertiary/aromatic N) is 1. The largest absolute Gasteiger partial charge is 0.492 e. The van der Waals surface area contributed by atoms with Gasteiger partial charge in [0.05, 0.1) is 18.8 Å². The van der Waals surface area contributed by atoms with Crippen LogP contribution in [0.2, 0.25) is 5.02 Å². The third kappa shape index (κ3) is 4.19. The first-order valence-electron chi connectivity index (χ1n) is 6.85. The Hall–Kier alpha value is -1.10. The molecule has 2 rings (SSSR count). The molecule has 2 aromatic rings. The van der Waals surface area contributed by atoms with Crippen molar-refractivity contribution in [1.29, 1.82) is 0 Å². The Morgan fingerprint density at radius 3 is 2.81 bits per heavy atom. The van der Waals surface area contributed by atoms with Crippen molar-refractivity contribution >= 4 is 27.5 Å². The zero-order valence-corrected chi connectivity index (χ0v) is 14.4. The summed E-state index contributed by atoms with van der Waals surface area (Å²) < 4.78 is 6.62. The van der Waals surface area contributed by atoms with Crippen LogP contribution in [0.15, 0.2) is 41.1 Å². The van der Waals surface area contributed by atoms with Gasteiger partial charge in [0.15, 0.2) is 0 Å². The molecule has 3 nitrogen and oxygen atoms in total. The maximum atomic E-state index is 6.01. The highest BCUT2D eigenvalue weighted by Gasteiger charge is 2.16. The van der Waals surface area contributed by atoms with Gasteiger partial charge in [-0.15, -0.1) is 0 Å². The average Bonchev–Trinajstić information content (AvgIpc) is 2.48. The van der Waals surface area contributed by atoms with E-state index in [4.69, 9.17) is 16.3 Å². The molecule has 0 bridgehead atoms. The van der Waals surface area contributed by atoms with Crippen LogP contribution in [0.5, 0.6) is 5.75 Å². The van der Waals surface area contributed by atoms with Gasteiger partial charge in [-0.3, -0.25) is 4.98 Å². The van der Waals surface area contributed by atoms with Crippen LogP contribution in [0.25, 0.3) is 0 Å². The summed E-state index contributed by atoms with van der Waals surface area (Å²) in [5.74, 6) is 0.791. The van der Waals surface area contributed by atoms with Crippen LogP contribution in [-0.2, 0) is 0 Å². The number of pyridine rings is 1. The Kier molecular flexibility index (Phi) is 6.03. The fourth-order valence-corrected chi connectivity index (χ4v) is 3.04. The molecule has 0 aliphatic rings. The first kappa shape index (κ1) is 16.3. The number of halogens is 2. The monoisotopic (exact) mass is 368 g/mol. The van der Waals surface area contributed by atoms with Gasteiger partial charge in [-0.25, -0.2) is 0 Å². The summed E-state index contributed by atoms with van der Waals surface area (Å²) in [7, 11) is 1.92. The van der Waals surface area contributed by atoms with E-state index in [2.05, 4.69) is 33.2 Å². The smallest absolute Gasteiger partial charge is 0.137 e. The Bertz CT molecular complexity index is 607. The van der Waals surface area contributed by atoms with Crippen molar-refractivity contribution in [3.63, 3.8) is 0 Å². The van der Waals surface area contributed by atoms with Gasteiger partial charge in [-0.05, 0) is 42.8 Å². The van der Waals surface area contributed by atoms with Crippen molar-refractivity contribution in [2.45, 2.75) is 19.4 Å². The normalized spacial score (nSPS) is 12.2. The SMILES string of the molecule is CCCOc1cncc(C(NC)c2ccc(Cl)cc2Br)c1. The Morgan fingerprint density at radius 1 is 1.33 bits per heavy atom. The van der Waals surface area contributed by atoms with Crippen LogP contribution in [0.4, 0.5) is 0 Å². The minimum absolute atomic E-state index is 0.0225. The number of hydrogen-bond acceptors (Lipinski definition) is 3. The second-order valence-electron chi connectivity index (χ2n) is 4.69. The van der Waals surface area contributed by atoms with Gasteiger partial charge < -0.3 is 10.1 Å². The Morgan fingerprint density at radius 2 is 2.14 bits per heavy atom. The maximum Gasteiger partial charge on any atom is 0.137 e. The van der Waals surface area contributed by atoms with Crippen molar-refractivity contribution in [1.82, 2.24) is 10.3 Å². The molecule has 1 heterocycles. The number of ether oxygens (including phenoxy) is 1. The molecule has 0 saturated heterocycles. The van der Waals surface area contributed by atoms with Crippen molar-refractivity contribution in [3.8, 4) is 5.75 Å². The van der Waals surface area contributed by atoms with E-state index in [0.29, 0.717) is 11.6 Å².